The van der Waals surface area contributed by atoms with E-state index in [-0.39, 0.29) is 18.4 Å². The molecule has 2 aromatic rings. The van der Waals surface area contributed by atoms with Crippen molar-refractivity contribution in [3.8, 4) is 17.2 Å². The van der Waals surface area contributed by atoms with Gasteiger partial charge in [0.25, 0.3) is 11.8 Å². The van der Waals surface area contributed by atoms with Crippen molar-refractivity contribution in [3.05, 3.63) is 30.1 Å². The first kappa shape index (κ1) is 18.4. The summed E-state index contributed by atoms with van der Waals surface area (Å²) < 4.78 is 10.9. The summed E-state index contributed by atoms with van der Waals surface area (Å²) in [6, 6.07) is 7.64. The van der Waals surface area contributed by atoms with Gasteiger partial charge in [-0.15, -0.1) is 0 Å². The minimum Gasteiger partial charge on any atom is -0.484 e. The molecule has 1 aromatic heterocycles. The molecule has 1 aliphatic rings. The zero-order valence-corrected chi connectivity index (χ0v) is 15.5. The van der Waals surface area contributed by atoms with E-state index in [0.717, 1.165) is 18.4 Å². The van der Waals surface area contributed by atoms with Crippen LogP contribution in [-0.2, 0) is 4.79 Å². The van der Waals surface area contributed by atoms with Crippen molar-refractivity contribution in [2.75, 3.05) is 6.61 Å². The van der Waals surface area contributed by atoms with E-state index in [4.69, 9.17) is 9.26 Å². The van der Waals surface area contributed by atoms with E-state index in [1.165, 1.54) is 25.7 Å². The maximum Gasteiger partial charge on any atom is 0.258 e. The van der Waals surface area contributed by atoms with Crippen LogP contribution in [0.2, 0.25) is 0 Å². The van der Waals surface area contributed by atoms with Gasteiger partial charge in [-0.25, -0.2) is 0 Å². The van der Waals surface area contributed by atoms with E-state index in [2.05, 4.69) is 15.5 Å². The highest BCUT2D eigenvalue weighted by atomic mass is 16.5. The minimum atomic E-state index is -0.0561. The standard InChI is InChI=1S/C20H27N3O3/c1-14(2)19-22-20(26-23-19)15-9-11-17(12-10-15)25-13-18(24)21-16-7-5-3-4-6-8-16/h9-12,14,16H,3-8,13H2,1-2H3,(H,21,24). The number of carbonyl (C=O) groups is 1. The summed E-state index contributed by atoms with van der Waals surface area (Å²) in [5, 5.41) is 7.05. The second kappa shape index (κ2) is 8.83. The first-order valence-corrected chi connectivity index (χ1v) is 9.48. The van der Waals surface area contributed by atoms with Crippen molar-refractivity contribution in [1.29, 1.82) is 0 Å². The molecule has 26 heavy (non-hydrogen) atoms. The predicted molar refractivity (Wildman–Crippen MR) is 99.0 cm³/mol. The summed E-state index contributed by atoms with van der Waals surface area (Å²) >= 11 is 0. The van der Waals surface area contributed by atoms with Crippen molar-refractivity contribution >= 4 is 5.91 Å². The van der Waals surface area contributed by atoms with Crippen LogP contribution >= 0.6 is 0 Å². The maximum absolute atomic E-state index is 12.1. The number of benzene rings is 1. The van der Waals surface area contributed by atoms with E-state index in [1.54, 1.807) is 0 Å². The Bertz CT molecular complexity index is 701. The number of hydrogen-bond donors (Lipinski definition) is 1. The molecule has 6 nitrogen and oxygen atoms in total. The summed E-state index contributed by atoms with van der Waals surface area (Å²) in [7, 11) is 0. The molecule has 1 fully saturated rings. The number of carbonyl (C=O) groups excluding carboxylic acids is 1. The van der Waals surface area contributed by atoms with E-state index >= 15 is 0 Å². The van der Waals surface area contributed by atoms with Crippen LogP contribution in [0.3, 0.4) is 0 Å². The van der Waals surface area contributed by atoms with Gasteiger partial charge in [-0.2, -0.15) is 4.98 Å². The molecule has 0 unspecified atom stereocenters. The third kappa shape index (κ3) is 5.07. The molecule has 0 saturated heterocycles. The van der Waals surface area contributed by atoms with Gasteiger partial charge in [0.15, 0.2) is 12.4 Å². The highest BCUT2D eigenvalue weighted by Gasteiger charge is 2.15. The van der Waals surface area contributed by atoms with Crippen LogP contribution in [0.25, 0.3) is 11.5 Å². The summed E-state index contributed by atoms with van der Waals surface area (Å²) in [6.07, 6.45) is 7.08. The zero-order valence-electron chi connectivity index (χ0n) is 15.5. The number of amides is 1. The zero-order chi connectivity index (χ0) is 18.4. The van der Waals surface area contributed by atoms with Crippen molar-refractivity contribution in [2.24, 2.45) is 0 Å². The first-order chi connectivity index (χ1) is 12.6. The lowest BCUT2D eigenvalue weighted by molar-refractivity contribution is -0.123. The quantitative estimate of drug-likeness (QED) is 0.788. The fraction of sp³-hybridized carbons (Fsp3) is 0.550. The van der Waals surface area contributed by atoms with Crippen LogP contribution in [0.5, 0.6) is 5.75 Å². The summed E-state index contributed by atoms with van der Waals surface area (Å²) in [4.78, 5) is 16.5. The Morgan fingerprint density at radius 3 is 2.50 bits per heavy atom. The molecule has 0 bridgehead atoms. The number of ether oxygens (including phenoxy) is 1. The maximum atomic E-state index is 12.1. The van der Waals surface area contributed by atoms with Gasteiger partial charge < -0.3 is 14.6 Å². The van der Waals surface area contributed by atoms with E-state index in [9.17, 15) is 4.79 Å². The van der Waals surface area contributed by atoms with Crippen LogP contribution in [0.4, 0.5) is 0 Å². The number of aromatic nitrogens is 2. The molecule has 0 aliphatic heterocycles. The molecule has 6 heteroatoms. The molecule has 0 radical (unpaired) electrons. The largest absolute Gasteiger partial charge is 0.484 e. The molecule has 1 aliphatic carbocycles. The van der Waals surface area contributed by atoms with Crippen LogP contribution in [-0.4, -0.2) is 28.7 Å². The molecule has 0 spiro atoms. The van der Waals surface area contributed by atoms with Crippen LogP contribution in [0.1, 0.15) is 64.1 Å². The fourth-order valence-corrected chi connectivity index (χ4v) is 3.12. The Morgan fingerprint density at radius 1 is 1.19 bits per heavy atom. The third-order valence-electron chi connectivity index (χ3n) is 4.65. The number of hydrogen-bond acceptors (Lipinski definition) is 5. The highest BCUT2D eigenvalue weighted by molar-refractivity contribution is 5.77. The van der Waals surface area contributed by atoms with Gasteiger partial charge in [-0.3, -0.25) is 4.79 Å². The van der Waals surface area contributed by atoms with Crippen molar-refractivity contribution in [2.45, 2.75) is 64.3 Å². The molecule has 1 N–H and O–H groups in total. The Labute approximate surface area is 154 Å². The van der Waals surface area contributed by atoms with E-state index in [0.29, 0.717) is 23.5 Å². The Balaban J connectivity index is 1.49. The van der Waals surface area contributed by atoms with E-state index in [1.807, 2.05) is 38.1 Å². The van der Waals surface area contributed by atoms with Crippen LogP contribution in [0, 0.1) is 0 Å². The van der Waals surface area contributed by atoms with Gasteiger partial charge in [0, 0.05) is 17.5 Å². The summed E-state index contributed by atoms with van der Waals surface area (Å²) in [5.74, 6) is 2.00. The van der Waals surface area contributed by atoms with Gasteiger partial charge >= 0.3 is 0 Å². The molecule has 1 heterocycles. The molecular formula is C20H27N3O3. The number of nitrogens with one attached hydrogen (secondary N) is 1. The minimum absolute atomic E-state index is 0.0356. The number of nitrogens with zero attached hydrogens (tertiary/aromatic N) is 2. The average molecular weight is 357 g/mol. The van der Waals surface area contributed by atoms with Gasteiger partial charge in [0.05, 0.1) is 0 Å². The molecule has 0 atom stereocenters. The van der Waals surface area contributed by atoms with Crippen molar-refractivity contribution in [1.82, 2.24) is 15.5 Å². The second-order valence-electron chi connectivity index (χ2n) is 7.18. The SMILES string of the molecule is CC(C)c1noc(-c2ccc(OCC(=O)NC3CCCCCC3)cc2)n1. The lowest BCUT2D eigenvalue weighted by Gasteiger charge is -2.16. The number of rotatable bonds is 6. The first-order valence-electron chi connectivity index (χ1n) is 9.48. The molecule has 3 rings (SSSR count). The van der Waals surface area contributed by atoms with Crippen LogP contribution in [0.15, 0.2) is 28.8 Å². The highest BCUT2D eigenvalue weighted by Crippen LogP contribution is 2.22. The van der Waals surface area contributed by atoms with Gasteiger partial charge in [0.1, 0.15) is 5.75 Å². The van der Waals surface area contributed by atoms with Crippen molar-refractivity contribution < 1.29 is 14.1 Å². The monoisotopic (exact) mass is 357 g/mol. The summed E-state index contributed by atoms with van der Waals surface area (Å²) in [6.45, 7) is 4.07. The topological polar surface area (TPSA) is 77.2 Å². The van der Waals surface area contributed by atoms with Gasteiger partial charge in [-0.05, 0) is 37.1 Å². The Kier molecular flexibility index (Phi) is 6.26. The molecule has 1 amide bonds. The van der Waals surface area contributed by atoms with Gasteiger partial charge in [0.2, 0.25) is 0 Å². The molecule has 1 aromatic carbocycles. The lowest BCUT2D eigenvalue weighted by Crippen LogP contribution is -2.37. The smallest absolute Gasteiger partial charge is 0.258 e. The van der Waals surface area contributed by atoms with Crippen LogP contribution < -0.4 is 10.1 Å². The average Bonchev–Trinajstić information content (AvgIpc) is 3.00. The lowest BCUT2D eigenvalue weighted by atomic mass is 10.1. The fourth-order valence-electron chi connectivity index (χ4n) is 3.12. The van der Waals surface area contributed by atoms with E-state index < -0.39 is 0 Å². The summed E-state index contributed by atoms with van der Waals surface area (Å²) in [5.41, 5.74) is 0.833. The third-order valence-corrected chi connectivity index (χ3v) is 4.65. The Hall–Kier alpha value is -2.37. The van der Waals surface area contributed by atoms with Gasteiger partial charge in [-0.1, -0.05) is 44.7 Å². The molecular weight excluding hydrogens is 330 g/mol. The van der Waals surface area contributed by atoms with Crippen molar-refractivity contribution in [3.63, 3.8) is 0 Å². The molecule has 140 valence electrons. The Morgan fingerprint density at radius 2 is 1.88 bits per heavy atom. The predicted octanol–water partition coefficient (Wildman–Crippen LogP) is 4.08. The normalized spacial score (nSPS) is 15.7. The molecule has 1 saturated carbocycles. The second-order valence-corrected chi connectivity index (χ2v) is 7.18.